The highest BCUT2D eigenvalue weighted by Crippen LogP contribution is 2.25. The molecule has 0 fully saturated rings. The van der Waals surface area contributed by atoms with Gasteiger partial charge in [0.05, 0.1) is 11.0 Å². The zero-order chi connectivity index (χ0) is 15.1. The van der Waals surface area contributed by atoms with Crippen LogP contribution in [0.2, 0.25) is 5.28 Å². The van der Waals surface area contributed by atoms with E-state index in [2.05, 4.69) is 10.3 Å². The SMILES string of the molecule is CC(C)n1c(Cl)nc2cc(C(=O)NC(C)(C)C)ccc21. The highest BCUT2D eigenvalue weighted by atomic mass is 35.5. The summed E-state index contributed by atoms with van der Waals surface area (Å²) in [7, 11) is 0. The number of halogens is 1. The van der Waals surface area contributed by atoms with Gasteiger partial charge in [0.15, 0.2) is 0 Å². The summed E-state index contributed by atoms with van der Waals surface area (Å²) >= 11 is 6.15. The van der Waals surface area contributed by atoms with Crippen molar-refractivity contribution in [2.45, 2.75) is 46.2 Å². The number of benzene rings is 1. The van der Waals surface area contributed by atoms with Gasteiger partial charge in [-0.15, -0.1) is 0 Å². The summed E-state index contributed by atoms with van der Waals surface area (Å²) in [5.41, 5.74) is 2.01. The number of fused-ring (bicyclic) bond motifs is 1. The first-order chi connectivity index (χ1) is 9.19. The Hall–Kier alpha value is -1.55. The van der Waals surface area contributed by atoms with E-state index in [-0.39, 0.29) is 17.5 Å². The molecule has 0 radical (unpaired) electrons. The molecule has 0 bridgehead atoms. The molecule has 0 spiro atoms. The van der Waals surface area contributed by atoms with Crippen molar-refractivity contribution in [3.05, 3.63) is 29.0 Å². The van der Waals surface area contributed by atoms with Gasteiger partial charge in [-0.2, -0.15) is 0 Å². The van der Waals surface area contributed by atoms with Crippen LogP contribution < -0.4 is 5.32 Å². The summed E-state index contributed by atoms with van der Waals surface area (Å²) < 4.78 is 1.95. The highest BCUT2D eigenvalue weighted by Gasteiger charge is 2.17. The van der Waals surface area contributed by atoms with E-state index in [1.54, 1.807) is 12.1 Å². The Morgan fingerprint density at radius 3 is 2.55 bits per heavy atom. The lowest BCUT2D eigenvalue weighted by atomic mass is 10.1. The van der Waals surface area contributed by atoms with Crippen molar-refractivity contribution in [1.82, 2.24) is 14.9 Å². The first kappa shape index (κ1) is 14.9. The van der Waals surface area contributed by atoms with Gasteiger partial charge in [-0.25, -0.2) is 4.98 Å². The molecule has 1 amide bonds. The quantitative estimate of drug-likeness (QED) is 0.915. The fourth-order valence-electron chi connectivity index (χ4n) is 2.11. The van der Waals surface area contributed by atoms with Crippen LogP contribution in [0.3, 0.4) is 0 Å². The zero-order valence-electron chi connectivity index (χ0n) is 12.5. The second kappa shape index (κ2) is 5.09. The van der Waals surface area contributed by atoms with Crippen LogP contribution in [0.15, 0.2) is 18.2 Å². The second-order valence-corrected chi connectivity index (χ2v) is 6.59. The minimum absolute atomic E-state index is 0.102. The fraction of sp³-hybridized carbons (Fsp3) is 0.467. The van der Waals surface area contributed by atoms with E-state index >= 15 is 0 Å². The summed E-state index contributed by atoms with van der Waals surface area (Å²) in [4.78, 5) is 16.5. The number of aromatic nitrogens is 2. The van der Waals surface area contributed by atoms with Crippen LogP contribution in [0.5, 0.6) is 0 Å². The average Bonchev–Trinajstić information content (AvgIpc) is 2.61. The van der Waals surface area contributed by atoms with Gasteiger partial charge >= 0.3 is 0 Å². The number of rotatable bonds is 2. The monoisotopic (exact) mass is 293 g/mol. The Balaban J connectivity index is 2.43. The summed E-state index contributed by atoms with van der Waals surface area (Å²) in [5.74, 6) is -0.102. The number of amides is 1. The number of imidazole rings is 1. The molecular formula is C15H20ClN3O. The Morgan fingerprint density at radius 1 is 1.35 bits per heavy atom. The van der Waals surface area contributed by atoms with Crippen LogP contribution in [0.25, 0.3) is 11.0 Å². The smallest absolute Gasteiger partial charge is 0.251 e. The average molecular weight is 294 g/mol. The minimum Gasteiger partial charge on any atom is -0.347 e. The third-order valence-electron chi connectivity index (χ3n) is 2.91. The third-order valence-corrected chi connectivity index (χ3v) is 3.18. The summed E-state index contributed by atoms with van der Waals surface area (Å²) in [5, 5.41) is 3.39. The van der Waals surface area contributed by atoms with Gasteiger partial charge < -0.3 is 9.88 Å². The van der Waals surface area contributed by atoms with Gasteiger partial charge in [0, 0.05) is 17.1 Å². The topological polar surface area (TPSA) is 46.9 Å². The molecule has 0 saturated carbocycles. The van der Waals surface area contributed by atoms with Gasteiger partial charge in [0.1, 0.15) is 0 Å². The van der Waals surface area contributed by atoms with Crippen LogP contribution in [-0.2, 0) is 0 Å². The molecule has 0 aliphatic heterocycles. The Kier molecular flexibility index (Phi) is 3.78. The molecule has 0 aliphatic carbocycles. The van der Waals surface area contributed by atoms with Crippen LogP contribution in [0.4, 0.5) is 0 Å². The number of nitrogens with zero attached hydrogens (tertiary/aromatic N) is 2. The summed E-state index contributed by atoms with van der Waals surface area (Å²) in [6.45, 7) is 9.95. The molecule has 4 nitrogen and oxygen atoms in total. The Morgan fingerprint density at radius 2 is 2.00 bits per heavy atom. The van der Waals surface area contributed by atoms with Crippen molar-refractivity contribution >= 4 is 28.5 Å². The molecule has 1 aromatic heterocycles. The van der Waals surface area contributed by atoms with E-state index < -0.39 is 0 Å². The largest absolute Gasteiger partial charge is 0.347 e. The van der Waals surface area contributed by atoms with Gasteiger partial charge in [-0.3, -0.25) is 4.79 Å². The van der Waals surface area contributed by atoms with Crippen molar-refractivity contribution in [1.29, 1.82) is 0 Å². The lowest BCUT2D eigenvalue weighted by Crippen LogP contribution is -2.40. The lowest BCUT2D eigenvalue weighted by molar-refractivity contribution is 0.0919. The first-order valence-corrected chi connectivity index (χ1v) is 7.07. The number of hydrogen-bond acceptors (Lipinski definition) is 2. The molecular weight excluding hydrogens is 274 g/mol. The molecule has 1 aromatic carbocycles. The number of hydrogen-bond donors (Lipinski definition) is 1. The van der Waals surface area contributed by atoms with Crippen LogP contribution >= 0.6 is 11.6 Å². The summed E-state index contributed by atoms with van der Waals surface area (Å²) in [6.07, 6.45) is 0. The molecule has 20 heavy (non-hydrogen) atoms. The van der Waals surface area contributed by atoms with Gasteiger partial charge in [-0.05, 0) is 64.4 Å². The molecule has 108 valence electrons. The minimum atomic E-state index is -0.263. The fourth-order valence-corrected chi connectivity index (χ4v) is 2.49. The van der Waals surface area contributed by atoms with E-state index in [4.69, 9.17) is 11.6 Å². The van der Waals surface area contributed by atoms with Crippen molar-refractivity contribution in [3.8, 4) is 0 Å². The van der Waals surface area contributed by atoms with Gasteiger partial charge in [-0.1, -0.05) is 0 Å². The molecule has 0 atom stereocenters. The number of nitrogens with one attached hydrogen (secondary N) is 1. The van der Waals surface area contributed by atoms with Gasteiger partial charge in [0.25, 0.3) is 5.91 Å². The zero-order valence-corrected chi connectivity index (χ0v) is 13.2. The Bertz CT molecular complexity index is 653. The third kappa shape index (κ3) is 2.96. The molecule has 2 rings (SSSR count). The lowest BCUT2D eigenvalue weighted by Gasteiger charge is -2.20. The van der Waals surface area contributed by atoms with E-state index in [0.717, 1.165) is 11.0 Å². The number of carbonyl (C=O) groups is 1. The van der Waals surface area contributed by atoms with Crippen LogP contribution in [0, 0.1) is 0 Å². The first-order valence-electron chi connectivity index (χ1n) is 6.69. The van der Waals surface area contributed by atoms with E-state index in [9.17, 15) is 4.79 Å². The number of carbonyl (C=O) groups excluding carboxylic acids is 1. The van der Waals surface area contributed by atoms with Gasteiger partial charge in [0.2, 0.25) is 5.28 Å². The van der Waals surface area contributed by atoms with Crippen molar-refractivity contribution in [2.75, 3.05) is 0 Å². The molecule has 0 saturated heterocycles. The maximum atomic E-state index is 12.2. The van der Waals surface area contributed by atoms with E-state index in [0.29, 0.717) is 10.8 Å². The molecule has 5 heteroatoms. The molecule has 1 N–H and O–H groups in total. The van der Waals surface area contributed by atoms with E-state index in [1.807, 2.05) is 45.3 Å². The maximum absolute atomic E-state index is 12.2. The molecule has 1 heterocycles. The van der Waals surface area contributed by atoms with Crippen LogP contribution in [0.1, 0.15) is 51.0 Å². The predicted octanol–water partition coefficient (Wildman–Crippen LogP) is 3.80. The second-order valence-electron chi connectivity index (χ2n) is 6.25. The predicted molar refractivity (Wildman–Crippen MR) is 82.3 cm³/mol. The highest BCUT2D eigenvalue weighted by molar-refractivity contribution is 6.29. The molecule has 0 aliphatic rings. The van der Waals surface area contributed by atoms with Crippen molar-refractivity contribution in [3.63, 3.8) is 0 Å². The van der Waals surface area contributed by atoms with E-state index in [1.165, 1.54) is 0 Å². The maximum Gasteiger partial charge on any atom is 0.251 e. The standard InChI is InChI=1S/C15H20ClN3O/c1-9(2)19-12-7-6-10(8-11(12)17-14(19)16)13(20)18-15(3,4)5/h6-9H,1-5H3,(H,18,20). The van der Waals surface area contributed by atoms with Crippen LogP contribution in [-0.4, -0.2) is 21.0 Å². The van der Waals surface area contributed by atoms with Crippen molar-refractivity contribution in [2.24, 2.45) is 0 Å². The summed E-state index contributed by atoms with van der Waals surface area (Å²) in [6, 6.07) is 5.70. The normalized spacial score (nSPS) is 12.2. The Labute approximate surface area is 124 Å². The molecule has 2 aromatic rings. The van der Waals surface area contributed by atoms with Crippen molar-refractivity contribution < 1.29 is 4.79 Å². The molecule has 0 unspecified atom stereocenters.